The first-order valence-electron chi connectivity index (χ1n) is 13.2. The molecule has 0 unspecified atom stereocenters. The number of hydrogen-bond acceptors (Lipinski definition) is 0. The minimum atomic E-state index is 0.775. The monoisotopic (exact) mass is 420 g/mol. The van der Waals surface area contributed by atoms with E-state index < -0.39 is 0 Å². The van der Waals surface area contributed by atoms with Crippen LogP contribution >= 0.6 is 0 Å². The molecule has 0 bridgehead atoms. The van der Waals surface area contributed by atoms with Crippen molar-refractivity contribution in [1.82, 2.24) is 0 Å². The van der Waals surface area contributed by atoms with Crippen LogP contribution in [0.15, 0.2) is 71.8 Å². The number of benzene rings is 3. The summed E-state index contributed by atoms with van der Waals surface area (Å²) in [7, 11) is 0. The van der Waals surface area contributed by atoms with Crippen LogP contribution in [0.5, 0.6) is 0 Å². The molecule has 32 heavy (non-hydrogen) atoms. The quantitative estimate of drug-likeness (QED) is 0.370. The van der Waals surface area contributed by atoms with Crippen LogP contribution in [0, 0.1) is 11.8 Å². The molecule has 0 saturated heterocycles. The number of fused-ring (bicyclic) bond motifs is 3. The van der Waals surface area contributed by atoms with Gasteiger partial charge in [-0.15, -0.1) is 0 Å². The molecular formula is C32H36. The summed E-state index contributed by atoms with van der Waals surface area (Å²) in [5, 5.41) is 5.67. The zero-order chi connectivity index (χ0) is 21.3. The van der Waals surface area contributed by atoms with Crippen molar-refractivity contribution in [3.05, 3.63) is 77.4 Å². The van der Waals surface area contributed by atoms with Gasteiger partial charge >= 0.3 is 0 Å². The summed E-state index contributed by atoms with van der Waals surface area (Å²) in [6, 6.07) is 20.7. The Hall–Kier alpha value is -2.34. The summed E-state index contributed by atoms with van der Waals surface area (Å²) in [5.41, 5.74) is 6.79. The molecule has 2 fully saturated rings. The van der Waals surface area contributed by atoms with E-state index in [2.05, 4.69) is 60.7 Å². The lowest BCUT2D eigenvalue weighted by atomic mass is 9.69. The van der Waals surface area contributed by atoms with Gasteiger partial charge in [-0.2, -0.15) is 0 Å². The standard InChI is InChI=1S/C32H36/c1-3-12-23(13-4-1)27-20-11-21-30(32(27)24-14-5-2-6-15-24)31-22-25-16-7-8-17-26(25)28-18-9-10-19-29(28)31/h7-10,16-20,22-24H,1-6,11-15,21H2. The third-order valence-electron chi connectivity index (χ3n) is 8.55. The fraction of sp³-hybridized carbons (Fsp3) is 0.438. The predicted octanol–water partition coefficient (Wildman–Crippen LogP) is 9.63. The topological polar surface area (TPSA) is 0 Å². The first-order chi connectivity index (χ1) is 15.9. The Balaban J connectivity index is 1.59. The molecule has 0 atom stereocenters. The highest BCUT2D eigenvalue weighted by atomic mass is 14.4. The second kappa shape index (κ2) is 8.89. The largest absolute Gasteiger partial charge is 0.0804 e. The maximum absolute atomic E-state index is 2.67. The van der Waals surface area contributed by atoms with Gasteiger partial charge in [0.25, 0.3) is 0 Å². The second-order valence-corrected chi connectivity index (χ2v) is 10.5. The summed E-state index contributed by atoms with van der Waals surface area (Å²) >= 11 is 0. The molecule has 164 valence electrons. The Kier molecular flexibility index (Phi) is 5.63. The molecular weight excluding hydrogens is 384 g/mol. The minimum absolute atomic E-state index is 0.775. The first kappa shape index (κ1) is 20.3. The van der Waals surface area contributed by atoms with E-state index in [4.69, 9.17) is 0 Å². The van der Waals surface area contributed by atoms with Gasteiger partial charge in [-0.3, -0.25) is 0 Å². The fourth-order valence-electron chi connectivity index (χ4n) is 7.05. The van der Waals surface area contributed by atoms with Crippen LogP contribution in [-0.4, -0.2) is 0 Å². The molecule has 0 spiro atoms. The van der Waals surface area contributed by atoms with Crippen LogP contribution in [-0.2, 0) is 0 Å². The lowest BCUT2D eigenvalue weighted by Crippen LogP contribution is -2.20. The van der Waals surface area contributed by atoms with Gasteiger partial charge in [0.15, 0.2) is 0 Å². The van der Waals surface area contributed by atoms with Gasteiger partial charge in [-0.1, -0.05) is 93.1 Å². The van der Waals surface area contributed by atoms with E-state index in [-0.39, 0.29) is 0 Å². The summed E-state index contributed by atoms with van der Waals surface area (Å²) in [5.74, 6) is 1.58. The van der Waals surface area contributed by atoms with Crippen molar-refractivity contribution < 1.29 is 0 Å². The van der Waals surface area contributed by atoms with Crippen LogP contribution < -0.4 is 0 Å². The molecule has 3 aromatic carbocycles. The molecule has 0 heterocycles. The lowest BCUT2D eigenvalue weighted by Gasteiger charge is -2.36. The van der Waals surface area contributed by atoms with Crippen LogP contribution in [0.3, 0.4) is 0 Å². The molecule has 0 N–H and O–H groups in total. The van der Waals surface area contributed by atoms with E-state index in [1.165, 1.54) is 104 Å². The van der Waals surface area contributed by atoms with Gasteiger partial charge in [0.1, 0.15) is 0 Å². The molecule has 0 amide bonds. The molecule has 3 aliphatic rings. The van der Waals surface area contributed by atoms with E-state index >= 15 is 0 Å². The third-order valence-corrected chi connectivity index (χ3v) is 8.55. The van der Waals surface area contributed by atoms with Crippen LogP contribution in [0.25, 0.3) is 27.1 Å². The summed E-state index contributed by atoms with van der Waals surface area (Å²) in [6.07, 6.45) is 19.3. The Morgan fingerprint density at radius 2 is 1.22 bits per heavy atom. The van der Waals surface area contributed by atoms with Gasteiger partial charge in [0.05, 0.1) is 0 Å². The molecule has 0 aliphatic heterocycles. The zero-order valence-corrected chi connectivity index (χ0v) is 19.4. The molecule has 2 saturated carbocycles. The first-order valence-corrected chi connectivity index (χ1v) is 13.2. The fourth-order valence-corrected chi connectivity index (χ4v) is 7.05. The maximum Gasteiger partial charge on any atom is -0.00993 e. The van der Waals surface area contributed by atoms with E-state index in [0.717, 1.165) is 11.8 Å². The average molecular weight is 421 g/mol. The smallest absolute Gasteiger partial charge is 0.00993 e. The Bertz CT molecular complexity index is 1180. The minimum Gasteiger partial charge on any atom is -0.0804 e. The second-order valence-electron chi connectivity index (χ2n) is 10.5. The Labute approximate surface area is 193 Å². The van der Waals surface area contributed by atoms with Crippen molar-refractivity contribution in [3.8, 4) is 0 Å². The van der Waals surface area contributed by atoms with Gasteiger partial charge < -0.3 is 0 Å². The zero-order valence-electron chi connectivity index (χ0n) is 19.4. The highest BCUT2D eigenvalue weighted by molar-refractivity contribution is 6.12. The van der Waals surface area contributed by atoms with Crippen molar-refractivity contribution in [2.24, 2.45) is 11.8 Å². The van der Waals surface area contributed by atoms with Crippen molar-refractivity contribution in [2.45, 2.75) is 77.0 Å². The van der Waals surface area contributed by atoms with E-state index in [1.54, 1.807) is 16.7 Å². The Morgan fingerprint density at radius 3 is 1.97 bits per heavy atom. The van der Waals surface area contributed by atoms with Crippen molar-refractivity contribution in [3.63, 3.8) is 0 Å². The SMILES string of the molecule is C1=C(C2CCCCC2)C(C2CCCCC2)=C(c2cc3ccccc3c3ccccc23)CC1. The van der Waals surface area contributed by atoms with Crippen LogP contribution in [0.1, 0.15) is 82.6 Å². The average Bonchev–Trinajstić information content (AvgIpc) is 2.89. The molecule has 3 aromatic rings. The third kappa shape index (κ3) is 3.62. The molecule has 6 rings (SSSR count). The van der Waals surface area contributed by atoms with Crippen molar-refractivity contribution in [2.75, 3.05) is 0 Å². The van der Waals surface area contributed by atoms with Crippen molar-refractivity contribution in [1.29, 1.82) is 0 Å². The van der Waals surface area contributed by atoms with Gasteiger partial charge in [0, 0.05) is 0 Å². The molecule has 0 nitrogen and oxygen atoms in total. The predicted molar refractivity (Wildman–Crippen MR) is 139 cm³/mol. The summed E-state index contributed by atoms with van der Waals surface area (Å²) < 4.78 is 0. The maximum atomic E-state index is 2.67. The van der Waals surface area contributed by atoms with E-state index in [0.29, 0.717) is 0 Å². The van der Waals surface area contributed by atoms with E-state index in [1.807, 2.05) is 0 Å². The summed E-state index contributed by atoms with van der Waals surface area (Å²) in [4.78, 5) is 0. The van der Waals surface area contributed by atoms with Crippen LogP contribution in [0.2, 0.25) is 0 Å². The normalized spacial score (nSPS) is 21.3. The van der Waals surface area contributed by atoms with Gasteiger partial charge in [0.2, 0.25) is 0 Å². The summed E-state index contributed by atoms with van der Waals surface area (Å²) in [6.45, 7) is 0. The van der Waals surface area contributed by atoms with Gasteiger partial charge in [-0.25, -0.2) is 0 Å². The Morgan fingerprint density at radius 1 is 0.594 bits per heavy atom. The molecule has 0 aromatic heterocycles. The number of rotatable bonds is 3. The molecule has 0 heteroatoms. The van der Waals surface area contributed by atoms with E-state index in [9.17, 15) is 0 Å². The molecule has 0 radical (unpaired) electrons. The van der Waals surface area contributed by atoms with Gasteiger partial charge in [-0.05, 0) is 100 Å². The number of hydrogen-bond donors (Lipinski definition) is 0. The lowest BCUT2D eigenvalue weighted by molar-refractivity contribution is 0.372. The highest BCUT2D eigenvalue weighted by Crippen LogP contribution is 2.48. The van der Waals surface area contributed by atoms with Crippen molar-refractivity contribution >= 4 is 27.1 Å². The number of allylic oxidation sites excluding steroid dienone is 4. The molecule has 3 aliphatic carbocycles. The van der Waals surface area contributed by atoms with Crippen LogP contribution in [0.4, 0.5) is 0 Å². The highest BCUT2D eigenvalue weighted by Gasteiger charge is 2.31.